The number of nitrogens with one attached hydrogen (secondary N) is 1. The van der Waals surface area contributed by atoms with E-state index in [-0.39, 0.29) is 12.8 Å². The van der Waals surface area contributed by atoms with Crippen LogP contribution < -0.4 is 14.8 Å². The van der Waals surface area contributed by atoms with E-state index in [0.29, 0.717) is 13.1 Å². The van der Waals surface area contributed by atoms with Gasteiger partial charge in [-0.15, -0.1) is 0 Å². The molecule has 0 radical (unpaired) electrons. The molecule has 0 unspecified atom stereocenters. The van der Waals surface area contributed by atoms with E-state index in [9.17, 15) is 4.79 Å². The first-order valence-corrected chi connectivity index (χ1v) is 10.5. The van der Waals surface area contributed by atoms with Crippen molar-refractivity contribution in [3.05, 3.63) is 89.7 Å². The highest BCUT2D eigenvalue weighted by Gasteiger charge is 2.15. The third-order valence-corrected chi connectivity index (χ3v) is 5.55. The largest absolute Gasteiger partial charge is 0.454 e. The first-order valence-electron chi connectivity index (χ1n) is 10.5. The van der Waals surface area contributed by atoms with Gasteiger partial charge in [0.15, 0.2) is 11.5 Å². The maximum atomic E-state index is 12.5. The molecule has 1 aliphatic rings. The summed E-state index contributed by atoms with van der Waals surface area (Å²) in [6.07, 6.45) is 1.87. The number of nitrogens with zero attached hydrogens (tertiary/aromatic N) is 3. The van der Waals surface area contributed by atoms with Crippen LogP contribution in [0.15, 0.2) is 73.1 Å². The zero-order valence-corrected chi connectivity index (χ0v) is 17.8. The fourth-order valence-corrected chi connectivity index (χ4v) is 3.79. The highest BCUT2D eigenvalue weighted by molar-refractivity contribution is 5.75. The molecule has 7 nitrogen and oxygen atoms in total. The number of hydrogen-bond donors (Lipinski definition) is 1. The minimum atomic E-state index is -0.128. The highest BCUT2D eigenvalue weighted by atomic mass is 16.7. The molecule has 32 heavy (non-hydrogen) atoms. The van der Waals surface area contributed by atoms with Crippen molar-refractivity contribution < 1.29 is 14.3 Å². The summed E-state index contributed by atoms with van der Waals surface area (Å²) in [5, 5.41) is 2.98. The Balaban J connectivity index is 1.15. The van der Waals surface area contributed by atoms with Crippen LogP contribution in [0, 0.1) is 0 Å². The standard InChI is InChI=1S/C25H24N4O3/c1-28(14-20-10-11-23-24(12-20)32-17-31-23)25(30)26-13-18-6-8-19(9-7-18)15-29-16-27-21-4-2-3-5-22(21)29/h2-12,16H,13-15,17H2,1H3,(H,26,30). The number of aromatic nitrogens is 2. The number of benzene rings is 3. The van der Waals surface area contributed by atoms with Crippen LogP contribution in [0.25, 0.3) is 11.0 Å². The van der Waals surface area contributed by atoms with Crippen LogP contribution in [0.1, 0.15) is 16.7 Å². The van der Waals surface area contributed by atoms with E-state index in [2.05, 4.69) is 33.1 Å². The van der Waals surface area contributed by atoms with Crippen LogP contribution in [0.2, 0.25) is 0 Å². The highest BCUT2D eigenvalue weighted by Crippen LogP contribution is 2.32. The Bertz CT molecular complexity index is 1250. The molecule has 1 aromatic heterocycles. The summed E-state index contributed by atoms with van der Waals surface area (Å²) in [4.78, 5) is 18.6. The molecular weight excluding hydrogens is 404 g/mol. The fraction of sp³-hybridized carbons (Fsp3) is 0.200. The van der Waals surface area contributed by atoms with E-state index in [1.807, 2.05) is 54.9 Å². The van der Waals surface area contributed by atoms with Gasteiger partial charge in [-0.1, -0.05) is 42.5 Å². The molecule has 5 rings (SSSR count). The number of carbonyl (C=O) groups excluding carboxylic acids is 1. The fourth-order valence-electron chi connectivity index (χ4n) is 3.79. The maximum absolute atomic E-state index is 12.5. The van der Waals surface area contributed by atoms with Gasteiger partial charge in [-0.05, 0) is 41.0 Å². The van der Waals surface area contributed by atoms with Gasteiger partial charge in [0.25, 0.3) is 0 Å². The summed E-state index contributed by atoms with van der Waals surface area (Å²) in [6, 6.07) is 22.0. The predicted molar refractivity (Wildman–Crippen MR) is 122 cm³/mol. The van der Waals surface area contributed by atoms with Crippen molar-refractivity contribution >= 4 is 17.1 Å². The molecule has 2 heterocycles. The van der Waals surface area contributed by atoms with Crippen LogP contribution in [0.3, 0.4) is 0 Å². The number of carbonyl (C=O) groups is 1. The molecule has 0 spiro atoms. The molecule has 0 saturated heterocycles. The van der Waals surface area contributed by atoms with Crippen molar-refractivity contribution in [2.75, 3.05) is 13.8 Å². The third-order valence-electron chi connectivity index (χ3n) is 5.55. The second-order valence-corrected chi connectivity index (χ2v) is 7.88. The predicted octanol–water partition coefficient (Wildman–Crippen LogP) is 4.15. The third kappa shape index (κ3) is 4.23. The van der Waals surface area contributed by atoms with Crippen LogP contribution in [-0.4, -0.2) is 34.3 Å². The van der Waals surface area contributed by atoms with Gasteiger partial charge >= 0.3 is 6.03 Å². The molecule has 1 aliphatic heterocycles. The lowest BCUT2D eigenvalue weighted by molar-refractivity contribution is 0.174. The van der Waals surface area contributed by atoms with Crippen LogP contribution in [0.5, 0.6) is 11.5 Å². The molecule has 0 saturated carbocycles. The molecule has 4 aromatic rings. The van der Waals surface area contributed by atoms with Crippen molar-refractivity contribution in [2.24, 2.45) is 0 Å². The lowest BCUT2D eigenvalue weighted by atomic mass is 10.1. The van der Waals surface area contributed by atoms with Gasteiger partial charge < -0.3 is 24.3 Å². The summed E-state index contributed by atoms with van der Waals surface area (Å²) in [6.45, 7) is 1.96. The number of imidazole rings is 1. The maximum Gasteiger partial charge on any atom is 0.317 e. The molecule has 3 aromatic carbocycles. The number of urea groups is 1. The van der Waals surface area contributed by atoms with Crippen molar-refractivity contribution in [1.82, 2.24) is 19.8 Å². The Kier molecular flexibility index (Phi) is 5.37. The normalized spacial score (nSPS) is 12.2. The summed E-state index contributed by atoms with van der Waals surface area (Å²) in [5.41, 5.74) is 5.34. The molecule has 0 fully saturated rings. The number of fused-ring (bicyclic) bond motifs is 2. The number of para-hydroxylation sites is 2. The minimum Gasteiger partial charge on any atom is -0.454 e. The lowest BCUT2D eigenvalue weighted by Gasteiger charge is -2.18. The molecular formula is C25H24N4O3. The summed E-state index contributed by atoms with van der Waals surface area (Å²) >= 11 is 0. The topological polar surface area (TPSA) is 68.6 Å². The average Bonchev–Trinajstić information content (AvgIpc) is 3.45. The van der Waals surface area contributed by atoms with E-state index in [1.54, 1.807) is 11.9 Å². The Morgan fingerprint density at radius 2 is 1.75 bits per heavy atom. The van der Waals surface area contributed by atoms with Gasteiger partial charge in [0, 0.05) is 26.7 Å². The summed E-state index contributed by atoms with van der Waals surface area (Å²) < 4.78 is 12.9. The Morgan fingerprint density at radius 3 is 2.62 bits per heavy atom. The van der Waals surface area contributed by atoms with Gasteiger partial charge in [0.05, 0.1) is 17.4 Å². The molecule has 0 atom stereocenters. The summed E-state index contributed by atoms with van der Waals surface area (Å²) in [7, 11) is 1.78. The summed E-state index contributed by atoms with van der Waals surface area (Å²) in [5.74, 6) is 1.46. The van der Waals surface area contributed by atoms with E-state index in [0.717, 1.165) is 40.2 Å². The second-order valence-electron chi connectivity index (χ2n) is 7.88. The smallest absolute Gasteiger partial charge is 0.317 e. The van der Waals surface area contributed by atoms with Gasteiger partial charge in [0.2, 0.25) is 6.79 Å². The van der Waals surface area contributed by atoms with Crippen LogP contribution in [-0.2, 0) is 19.6 Å². The quantitative estimate of drug-likeness (QED) is 0.501. The van der Waals surface area contributed by atoms with Gasteiger partial charge in [0.1, 0.15) is 0 Å². The lowest BCUT2D eigenvalue weighted by Crippen LogP contribution is -2.36. The van der Waals surface area contributed by atoms with E-state index >= 15 is 0 Å². The Labute approximate surface area is 186 Å². The first kappa shape index (κ1) is 19.9. The Morgan fingerprint density at radius 1 is 1.00 bits per heavy atom. The number of amides is 2. The van der Waals surface area contributed by atoms with Crippen molar-refractivity contribution in [1.29, 1.82) is 0 Å². The zero-order chi connectivity index (χ0) is 21.9. The number of ether oxygens (including phenoxy) is 2. The van der Waals surface area contributed by atoms with Crippen LogP contribution >= 0.6 is 0 Å². The van der Waals surface area contributed by atoms with E-state index < -0.39 is 0 Å². The van der Waals surface area contributed by atoms with Gasteiger partial charge in [-0.25, -0.2) is 9.78 Å². The van der Waals surface area contributed by atoms with E-state index in [4.69, 9.17) is 9.47 Å². The van der Waals surface area contributed by atoms with E-state index in [1.165, 1.54) is 5.56 Å². The van der Waals surface area contributed by atoms with Crippen molar-refractivity contribution in [3.63, 3.8) is 0 Å². The first-order chi connectivity index (χ1) is 15.7. The minimum absolute atomic E-state index is 0.128. The molecule has 0 bridgehead atoms. The molecule has 1 N–H and O–H groups in total. The SMILES string of the molecule is CN(Cc1ccc2c(c1)OCO2)C(=O)NCc1ccc(Cn2cnc3ccccc32)cc1. The molecule has 162 valence electrons. The average molecular weight is 428 g/mol. The van der Waals surface area contributed by atoms with Gasteiger partial charge in [-0.2, -0.15) is 0 Å². The van der Waals surface area contributed by atoms with Crippen molar-refractivity contribution in [3.8, 4) is 11.5 Å². The zero-order valence-electron chi connectivity index (χ0n) is 17.8. The second kappa shape index (κ2) is 8.63. The molecule has 2 amide bonds. The number of hydrogen-bond acceptors (Lipinski definition) is 4. The number of rotatable bonds is 6. The van der Waals surface area contributed by atoms with Crippen LogP contribution in [0.4, 0.5) is 4.79 Å². The monoisotopic (exact) mass is 428 g/mol. The molecule has 7 heteroatoms. The van der Waals surface area contributed by atoms with Gasteiger partial charge in [-0.3, -0.25) is 0 Å². The van der Waals surface area contributed by atoms with Crippen molar-refractivity contribution in [2.45, 2.75) is 19.6 Å². The Hall–Kier alpha value is -4.00. The molecule has 0 aliphatic carbocycles.